The van der Waals surface area contributed by atoms with Gasteiger partial charge in [-0.15, -0.1) is 11.3 Å². The van der Waals surface area contributed by atoms with Crippen molar-refractivity contribution in [3.63, 3.8) is 0 Å². The van der Waals surface area contributed by atoms with E-state index in [2.05, 4.69) is 4.72 Å². The van der Waals surface area contributed by atoms with Crippen LogP contribution in [-0.2, 0) is 26.2 Å². The first kappa shape index (κ1) is 26.2. The van der Waals surface area contributed by atoms with Gasteiger partial charge in [0.2, 0.25) is 11.8 Å². The van der Waals surface area contributed by atoms with Crippen molar-refractivity contribution in [1.29, 1.82) is 0 Å². The fourth-order valence-corrected chi connectivity index (χ4v) is 7.08. The van der Waals surface area contributed by atoms with Crippen LogP contribution in [0.4, 0.5) is 0 Å². The van der Waals surface area contributed by atoms with E-state index in [0.29, 0.717) is 41.0 Å². The number of halogens is 3. The maximum absolute atomic E-state index is 13.0. The first-order valence-corrected chi connectivity index (χ1v) is 14.1. The van der Waals surface area contributed by atoms with E-state index in [-0.39, 0.29) is 16.7 Å². The number of nitrogens with one attached hydrogen (secondary N) is 1. The highest BCUT2D eigenvalue weighted by atomic mass is 35.5. The lowest BCUT2D eigenvalue weighted by molar-refractivity contribution is -0.142. The Balaban J connectivity index is 1.40. The van der Waals surface area contributed by atoms with Crippen LogP contribution in [0.15, 0.2) is 46.7 Å². The zero-order valence-corrected chi connectivity index (χ0v) is 22.5. The van der Waals surface area contributed by atoms with Crippen molar-refractivity contribution >= 4 is 78.1 Å². The largest absolute Gasteiger partial charge is 0.340 e. The van der Waals surface area contributed by atoms with Gasteiger partial charge in [0.1, 0.15) is 10.3 Å². The molecule has 0 unspecified atom stereocenters. The van der Waals surface area contributed by atoms with Crippen LogP contribution >= 0.6 is 46.1 Å². The number of benzene rings is 2. The number of thiophene rings is 1. The summed E-state index contributed by atoms with van der Waals surface area (Å²) in [4.78, 5) is 28.7. The lowest BCUT2D eigenvalue weighted by atomic mass is 10.1. The maximum atomic E-state index is 13.0. The lowest BCUT2D eigenvalue weighted by Gasteiger charge is -2.33. The van der Waals surface area contributed by atoms with Crippen molar-refractivity contribution < 1.29 is 18.0 Å². The van der Waals surface area contributed by atoms with E-state index in [9.17, 15) is 18.0 Å². The quantitative estimate of drug-likeness (QED) is 0.440. The van der Waals surface area contributed by atoms with Gasteiger partial charge in [-0.1, -0.05) is 46.9 Å². The van der Waals surface area contributed by atoms with Crippen molar-refractivity contribution in [2.45, 2.75) is 29.6 Å². The zero-order valence-electron chi connectivity index (χ0n) is 18.6. The molecule has 0 aliphatic carbocycles. The summed E-state index contributed by atoms with van der Waals surface area (Å²) < 4.78 is 29.4. The Kier molecular flexibility index (Phi) is 7.95. The molecule has 1 N–H and O–H groups in total. The van der Waals surface area contributed by atoms with E-state index < -0.39 is 22.0 Å². The van der Waals surface area contributed by atoms with Gasteiger partial charge in [0.25, 0.3) is 10.0 Å². The molecule has 2 aromatic carbocycles. The fraction of sp³-hybridized carbons (Fsp3) is 0.304. The molecular formula is C23H22Cl3N3O4S2. The van der Waals surface area contributed by atoms with E-state index >= 15 is 0 Å². The summed E-state index contributed by atoms with van der Waals surface area (Å²) >= 11 is 19.1. The SMILES string of the molecule is CN(Cc1ccc(Cl)c(Cl)c1)C(=O)CN1CCC[C@H](NS(=O)(=O)c2cc3ccc(Cl)cc3s2)C1=O. The highest BCUT2D eigenvalue weighted by molar-refractivity contribution is 7.91. The van der Waals surface area contributed by atoms with E-state index in [4.69, 9.17) is 34.8 Å². The summed E-state index contributed by atoms with van der Waals surface area (Å²) in [6.07, 6.45) is 0.934. The van der Waals surface area contributed by atoms with E-state index in [1.165, 1.54) is 9.80 Å². The molecule has 12 heteroatoms. The minimum atomic E-state index is -3.92. The first-order valence-electron chi connectivity index (χ1n) is 10.7. The predicted octanol–water partition coefficient (Wildman–Crippen LogP) is 4.79. The lowest BCUT2D eigenvalue weighted by Crippen LogP contribution is -2.54. The average molecular weight is 575 g/mol. The number of hydrogen-bond acceptors (Lipinski definition) is 5. The molecule has 1 fully saturated rings. The monoisotopic (exact) mass is 573 g/mol. The topological polar surface area (TPSA) is 86.8 Å². The molecule has 35 heavy (non-hydrogen) atoms. The van der Waals surface area contributed by atoms with Crippen molar-refractivity contribution in [3.8, 4) is 0 Å². The van der Waals surface area contributed by atoms with Gasteiger partial charge in [-0.3, -0.25) is 9.59 Å². The Morgan fingerprint density at radius 2 is 1.91 bits per heavy atom. The number of carbonyl (C=O) groups excluding carboxylic acids is 2. The van der Waals surface area contributed by atoms with Gasteiger partial charge in [0.05, 0.1) is 16.6 Å². The molecule has 186 valence electrons. The molecule has 0 bridgehead atoms. The van der Waals surface area contributed by atoms with E-state index in [0.717, 1.165) is 27.0 Å². The van der Waals surface area contributed by atoms with Gasteiger partial charge < -0.3 is 9.80 Å². The predicted molar refractivity (Wildman–Crippen MR) is 140 cm³/mol. The van der Waals surface area contributed by atoms with Gasteiger partial charge >= 0.3 is 0 Å². The number of hydrogen-bond donors (Lipinski definition) is 1. The Morgan fingerprint density at radius 3 is 2.66 bits per heavy atom. The van der Waals surface area contributed by atoms with Crippen LogP contribution in [0, 0.1) is 0 Å². The number of rotatable bonds is 7. The minimum Gasteiger partial charge on any atom is -0.340 e. The molecule has 0 spiro atoms. The number of piperidine rings is 1. The molecule has 1 aromatic heterocycles. The normalized spacial score (nSPS) is 16.6. The van der Waals surface area contributed by atoms with Gasteiger partial charge in [-0.05, 0) is 54.1 Å². The second-order valence-electron chi connectivity index (χ2n) is 8.32. The molecule has 0 saturated carbocycles. The van der Waals surface area contributed by atoms with Gasteiger partial charge in [-0.2, -0.15) is 4.72 Å². The molecule has 4 rings (SSSR count). The van der Waals surface area contributed by atoms with Crippen LogP contribution in [0.2, 0.25) is 15.1 Å². The van der Waals surface area contributed by atoms with Gasteiger partial charge in [0, 0.05) is 29.9 Å². The Bertz CT molecular complexity index is 1390. The van der Waals surface area contributed by atoms with Crippen molar-refractivity contribution in [3.05, 3.63) is 63.1 Å². The van der Waals surface area contributed by atoms with E-state index in [1.807, 2.05) is 0 Å². The van der Waals surface area contributed by atoms with Crippen LogP contribution < -0.4 is 4.72 Å². The summed E-state index contributed by atoms with van der Waals surface area (Å²) in [5.41, 5.74) is 0.801. The second kappa shape index (κ2) is 10.6. The molecular weight excluding hydrogens is 553 g/mol. The highest BCUT2D eigenvalue weighted by Gasteiger charge is 2.34. The third kappa shape index (κ3) is 6.10. The smallest absolute Gasteiger partial charge is 0.250 e. The van der Waals surface area contributed by atoms with Crippen LogP contribution in [-0.4, -0.2) is 56.2 Å². The number of fused-ring (bicyclic) bond motifs is 1. The third-order valence-electron chi connectivity index (χ3n) is 5.71. The van der Waals surface area contributed by atoms with Crippen molar-refractivity contribution in [2.75, 3.05) is 20.1 Å². The minimum absolute atomic E-state index is 0.108. The number of likely N-dealkylation sites (tertiary alicyclic amines) is 1. The molecule has 0 radical (unpaired) electrons. The highest BCUT2D eigenvalue weighted by Crippen LogP contribution is 2.31. The van der Waals surface area contributed by atoms with Crippen molar-refractivity contribution in [1.82, 2.24) is 14.5 Å². The zero-order chi connectivity index (χ0) is 25.3. The molecule has 1 aliphatic rings. The summed E-state index contributed by atoms with van der Waals surface area (Å²) in [5.74, 6) is -0.686. The number of sulfonamides is 1. The Labute approximate surface area is 222 Å². The molecule has 7 nitrogen and oxygen atoms in total. The number of carbonyl (C=O) groups is 2. The fourth-order valence-electron chi connectivity index (χ4n) is 3.85. The summed E-state index contributed by atoms with van der Waals surface area (Å²) in [7, 11) is -2.29. The number of nitrogens with zero attached hydrogens (tertiary/aromatic N) is 2. The molecule has 2 heterocycles. The molecule has 1 atom stereocenters. The molecule has 2 amide bonds. The first-order chi connectivity index (χ1) is 16.5. The summed E-state index contributed by atoms with van der Waals surface area (Å²) in [5, 5.41) is 2.10. The van der Waals surface area contributed by atoms with Crippen LogP contribution in [0.5, 0.6) is 0 Å². The standard InChI is InChI=1S/C23H22Cl3N3O4S2/c1-28(12-14-4-7-17(25)18(26)9-14)21(30)13-29-8-2-3-19(23(29)31)27-35(32,33)22-10-15-5-6-16(24)11-20(15)34-22/h4-7,9-11,19,27H,2-3,8,12-13H2,1H3/t19-/m0/s1. The molecule has 3 aromatic rings. The van der Waals surface area contributed by atoms with Gasteiger partial charge in [0.15, 0.2) is 0 Å². The molecule has 1 saturated heterocycles. The van der Waals surface area contributed by atoms with Gasteiger partial charge in [-0.25, -0.2) is 8.42 Å². The maximum Gasteiger partial charge on any atom is 0.250 e. The van der Waals surface area contributed by atoms with E-state index in [1.54, 1.807) is 49.5 Å². The average Bonchev–Trinajstić information content (AvgIpc) is 3.23. The summed E-state index contributed by atoms with van der Waals surface area (Å²) in [6, 6.07) is 10.9. The van der Waals surface area contributed by atoms with Crippen LogP contribution in [0.25, 0.3) is 10.1 Å². The third-order valence-corrected chi connectivity index (χ3v) is 9.73. The molecule has 1 aliphatic heterocycles. The number of amides is 2. The Morgan fingerprint density at radius 1 is 1.14 bits per heavy atom. The van der Waals surface area contributed by atoms with Crippen molar-refractivity contribution in [2.24, 2.45) is 0 Å². The summed E-state index contributed by atoms with van der Waals surface area (Å²) in [6.45, 7) is 0.533. The second-order valence-corrected chi connectivity index (χ2v) is 12.6. The Hall–Kier alpha value is -1.88. The van der Waals surface area contributed by atoms with Crippen LogP contribution in [0.3, 0.4) is 0 Å². The number of likely N-dealkylation sites (N-methyl/N-ethyl adjacent to an activating group) is 1. The van der Waals surface area contributed by atoms with Crippen LogP contribution in [0.1, 0.15) is 18.4 Å².